The smallest absolute Gasteiger partial charge is 0.135 e. The summed E-state index contributed by atoms with van der Waals surface area (Å²) in [7, 11) is 0. The third-order valence-corrected chi connectivity index (χ3v) is 3.18. The van der Waals surface area contributed by atoms with E-state index in [0.29, 0.717) is 12.1 Å². The molecule has 0 fully saturated rings. The summed E-state index contributed by atoms with van der Waals surface area (Å²) in [6, 6.07) is 4.87. The summed E-state index contributed by atoms with van der Waals surface area (Å²) in [5.74, 6) is 0.0620. The van der Waals surface area contributed by atoms with E-state index in [2.05, 4.69) is 12.2 Å². The van der Waals surface area contributed by atoms with Crippen molar-refractivity contribution in [2.45, 2.75) is 38.9 Å². The van der Waals surface area contributed by atoms with Gasteiger partial charge in [-0.15, -0.1) is 0 Å². The number of rotatable bonds is 7. The predicted octanol–water partition coefficient (Wildman–Crippen LogP) is 0.456. The highest BCUT2D eigenvalue weighted by Crippen LogP contribution is 2.25. The van der Waals surface area contributed by atoms with Crippen LogP contribution in [0, 0.1) is 0 Å². The second-order valence-electron chi connectivity index (χ2n) is 4.91. The summed E-state index contributed by atoms with van der Waals surface area (Å²) in [5, 5.41) is 31.1. The Kier molecular flexibility index (Phi) is 5.59. The maximum Gasteiger partial charge on any atom is 0.135 e. The molecule has 0 heterocycles. The second kappa shape index (κ2) is 6.73. The lowest BCUT2D eigenvalue weighted by molar-refractivity contribution is -0.668. The molecule has 1 atom stereocenters. The van der Waals surface area contributed by atoms with Crippen LogP contribution < -0.4 is 5.32 Å². The van der Waals surface area contributed by atoms with Gasteiger partial charge in [0.2, 0.25) is 0 Å². The van der Waals surface area contributed by atoms with Gasteiger partial charge in [-0.1, -0.05) is 19.4 Å². The number of unbranched alkanes of at least 4 members (excludes halogenated alkanes) is 1. The summed E-state index contributed by atoms with van der Waals surface area (Å²) in [5.41, 5.74) is 0.212. The minimum absolute atomic E-state index is 0.0620. The number of aromatic hydroxyl groups is 1. The summed E-state index contributed by atoms with van der Waals surface area (Å²) in [6.45, 7) is 5.23. The molecule has 1 rings (SSSR count). The first kappa shape index (κ1) is 15.0. The topological polar surface area (TPSA) is 77.3 Å². The van der Waals surface area contributed by atoms with Gasteiger partial charge in [-0.3, -0.25) is 0 Å². The molecule has 0 aliphatic rings. The Bertz CT molecular complexity index is 377. The maximum absolute atomic E-state index is 10.4. The van der Waals surface area contributed by atoms with Gasteiger partial charge in [0.15, 0.2) is 0 Å². The largest absolute Gasteiger partial charge is 0.508 e. The minimum Gasteiger partial charge on any atom is -0.508 e. The van der Waals surface area contributed by atoms with Crippen LogP contribution in [-0.2, 0) is 12.2 Å². The van der Waals surface area contributed by atoms with Crippen LogP contribution >= 0.6 is 0 Å². The molecule has 4 nitrogen and oxygen atoms in total. The van der Waals surface area contributed by atoms with Crippen LogP contribution in [-0.4, -0.2) is 28.4 Å². The van der Waals surface area contributed by atoms with E-state index >= 15 is 0 Å². The molecule has 4 heteroatoms. The zero-order chi connectivity index (χ0) is 13.6. The number of hydrogen-bond acceptors (Lipinski definition) is 3. The molecule has 1 aromatic rings. The van der Waals surface area contributed by atoms with E-state index < -0.39 is 5.60 Å². The van der Waals surface area contributed by atoms with Gasteiger partial charge in [0.1, 0.15) is 17.9 Å². The Morgan fingerprint density at radius 1 is 1.33 bits per heavy atom. The summed E-state index contributed by atoms with van der Waals surface area (Å²) in [6.07, 6.45) is 2.28. The van der Waals surface area contributed by atoms with E-state index in [4.69, 9.17) is 5.11 Å². The predicted molar refractivity (Wildman–Crippen MR) is 70.2 cm³/mol. The lowest BCUT2D eigenvalue weighted by Crippen LogP contribution is -2.87. The lowest BCUT2D eigenvalue weighted by atomic mass is 9.94. The molecular weight excluding hydrogens is 230 g/mol. The normalized spacial score (nSPS) is 14.4. The monoisotopic (exact) mass is 254 g/mol. The summed E-state index contributed by atoms with van der Waals surface area (Å²) in [4.78, 5) is 0. The first-order valence-electron chi connectivity index (χ1n) is 6.48. The quantitative estimate of drug-likeness (QED) is 0.534. The van der Waals surface area contributed by atoms with E-state index in [1.807, 2.05) is 0 Å². The van der Waals surface area contributed by atoms with E-state index in [1.54, 1.807) is 19.1 Å². The first-order valence-corrected chi connectivity index (χ1v) is 6.48. The maximum atomic E-state index is 10.4. The molecule has 1 aromatic carbocycles. The van der Waals surface area contributed by atoms with Crippen molar-refractivity contribution in [3.05, 3.63) is 29.3 Å². The van der Waals surface area contributed by atoms with Crippen LogP contribution in [0.15, 0.2) is 18.2 Å². The summed E-state index contributed by atoms with van der Waals surface area (Å²) < 4.78 is 0. The Hall–Kier alpha value is -1.10. The van der Waals surface area contributed by atoms with Crippen molar-refractivity contribution in [3.63, 3.8) is 0 Å². The number of phenols is 1. The van der Waals surface area contributed by atoms with Crippen molar-refractivity contribution in [3.8, 4) is 5.75 Å². The SMILES string of the molecule is CCCC[NH2+]C[C@@](C)(O)c1ccc(O)c(CO)c1. The fraction of sp³-hybridized carbons (Fsp3) is 0.571. The minimum atomic E-state index is -0.953. The van der Waals surface area contributed by atoms with Gasteiger partial charge in [-0.2, -0.15) is 0 Å². The molecule has 18 heavy (non-hydrogen) atoms. The number of hydrogen-bond donors (Lipinski definition) is 4. The van der Waals surface area contributed by atoms with Gasteiger partial charge in [0, 0.05) is 5.56 Å². The zero-order valence-corrected chi connectivity index (χ0v) is 11.2. The van der Waals surface area contributed by atoms with Crippen LogP contribution in [0.4, 0.5) is 0 Å². The van der Waals surface area contributed by atoms with E-state index in [1.165, 1.54) is 6.07 Å². The zero-order valence-electron chi connectivity index (χ0n) is 11.2. The molecule has 0 bridgehead atoms. The molecule has 0 aliphatic carbocycles. The highest BCUT2D eigenvalue weighted by atomic mass is 16.3. The third-order valence-electron chi connectivity index (χ3n) is 3.18. The molecule has 102 valence electrons. The molecule has 5 N–H and O–H groups in total. The Morgan fingerprint density at radius 3 is 2.67 bits per heavy atom. The van der Waals surface area contributed by atoms with E-state index in [-0.39, 0.29) is 12.4 Å². The molecule has 0 aromatic heterocycles. The van der Waals surface area contributed by atoms with Gasteiger partial charge in [0.05, 0.1) is 13.2 Å². The molecule has 0 saturated heterocycles. The van der Waals surface area contributed by atoms with Crippen LogP contribution in [0.3, 0.4) is 0 Å². The van der Waals surface area contributed by atoms with Gasteiger partial charge in [-0.05, 0) is 31.0 Å². The van der Waals surface area contributed by atoms with Crippen molar-refractivity contribution in [2.75, 3.05) is 13.1 Å². The fourth-order valence-corrected chi connectivity index (χ4v) is 1.90. The van der Waals surface area contributed by atoms with Crippen LogP contribution in [0.2, 0.25) is 0 Å². The molecule has 0 radical (unpaired) electrons. The third kappa shape index (κ3) is 3.98. The van der Waals surface area contributed by atoms with Gasteiger partial charge in [-0.25, -0.2) is 0 Å². The van der Waals surface area contributed by atoms with Crippen LogP contribution in [0.5, 0.6) is 5.75 Å². The van der Waals surface area contributed by atoms with Crippen molar-refractivity contribution >= 4 is 0 Å². The van der Waals surface area contributed by atoms with Gasteiger partial charge < -0.3 is 20.6 Å². The molecule has 0 unspecified atom stereocenters. The van der Waals surface area contributed by atoms with E-state index in [0.717, 1.165) is 24.9 Å². The Morgan fingerprint density at radius 2 is 2.06 bits per heavy atom. The molecular formula is C14H24NO3+. The molecule has 0 aliphatic heterocycles. The average molecular weight is 254 g/mol. The molecule has 0 saturated carbocycles. The van der Waals surface area contributed by atoms with Gasteiger partial charge >= 0.3 is 0 Å². The van der Waals surface area contributed by atoms with Crippen molar-refractivity contribution in [1.29, 1.82) is 0 Å². The number of benzene rings is 1. The Labute approximate surface area is 108 Å². The first-order chi connectivity index (χ1) is 8.51. The number of quaternary nitrogens is 1. The van der Waals surface area contributed by atoms with Gasteiger partial charge in [0.25, 0.3) is 0 Å². The lowest BCUT2D eigenvalue weighted by Gasteiger charge is -2.22. The second-order valence-corrected chi connectivity index (χ2v) is 4.91. The number of nitrogens with two attached hydrogens (primary N) is 1. The standard InChI is InChI=1S/C14H23NO3/c1-3-4-7-15-10-14(2,18)12-5-6-13(17)11(8-12)9-16/h5-6,8,15-18H,3-4,7,9-10H2,1-2H3/p+1/t14-/m1/s1. The Balaban J connectivity index is 2.71. The van der Waals surface area contributed by atoms with Crippen molar-refractivity contribution in [1.82, 2.24) is 0 Å². The highest BCUT2D eigenvalue weighted by molar-refractivity contribution is 5.37. The molecule has 0 spiro atoms. The van der Waals surface area contributed by atoms with Crippen molar-refractivity contribution < 1.29 is 20.6 Å². The van der Waals surface area contributed by atoms with E-state index in [9.17, 15) is 10.2 Å². The highest BCUT2D eigenvalue weighted by Gasteiger charge is 2.25. The van der Waals surface area contributed by atoms with Crippen molar-refractivity contribution in [2.24, 2.45) is 0 Å². The average Bonchev–Trinajstić information content (AvgIpc) is 2.35. The van der Waals surface area contributed by atoms with Crippen LogP contribution in [0.25, 0.3) is 0 Å². The number of aliphatic hydroxyl groups excluding tert-OH is 1. The summed E-state index contributed by atoms with van der Waals surface area (Å²) >= 11 is 0. The number of aliphatic hydroxyl groups is 2. The molecule has 0 amide bonds. The van der Waals surface area contributed by atoms with Crippen LogP contribution in [0.1, 0.15) is 37.8 Å². The fourth-order valence-electron chi connectivity index (χ4n) is 1.90.